The summed E-state index contributed by atoms with van der Waals surface area (Å²) in [5.41, 5.74) is 1.43. The third-order valence-electron chi connectivity index (χ3n) is 3.26. The predicted molar refractivity (Wildman–Crippen MR) is 77.1 cm³/mol. The molecular formula is C15H16N2O5. The van der Waals surface area contributed by atoms with Crippen molar-refractivity contribution in [3.63, 3.8) is 0 Å². The highest BCUT2D eigenvalue weighted by Crippen LogP contribution is 2.27. The quantitative estimate of drug-likeness (QED) is 0.732. The van der Waals surface area contributed by atoms with E-state index in [4.69, 9.17) is 9.84 Å². The maximum atomic E-state index is 12.1. The topological polar surface area (TPSA) is 105 Å². The molecule has 2 rings (SSSR count). The van der Waals surface area contributed by atoms with Crippen molar-refractivity contribution in [2.45, 2.75) is 19.9 Å². The van der Waals surface area contributed by atoms with Crippen LogP contribution < -0.4 is 10.6 Å². The molecule has 2 amide bonds. The Bertz CT molecular complexity index is 648. The summed E-state index contributed by atoms with van der Waals surface area (Å²) in [5, 5.41) is 14.1. The van der Waals surface area contributed by atoms with Gasteiger partial charge in [0.1, 0.15) is 0 Å². The number of ether oxygens (including phenoxy) is 1. The maximum Gasteiger partial charge on any atom is 0.338 e. The zero-order valence-corrected chi connectivity index (χ0v) is 12.2. The number of carbonyl (C=O) groups is 3. The SMILES string of the molecule is CCOC(=O)C1=C(C)NC(=O)NC1c1ccc(C(=O)O)cc1. The van der Waals surface area contributed by atoms with E-state index >= 15 is 0 Å². The molecule has 1 aromatic rings. The zero-order chi connectivity index (χ0) is 16.3. The molecule has 1 atom stereocenters. The Labute approximate surface area is 127 Å². The molecule has 1 heterocycles. The molecule has 0 saturated carbocycles. The second-order valence-electron chi connectivity index (χ2n) is 4.72. The van der Waals surface area contributed by atoms with E-state index in [1.54, 1.807) is 26.0 Å². The smallest absolute Gasteiger partial charge is 0.338 e. The largest absolute Gasteiger partial charge is 0.478 e. The number of carboxylic acid groups (broad SMARTS) is 1. The first-order valence-electron chi connectivity index (χ1n) is 6.72. The van der Waals surface area contributed by atoms with Crippen LogP contribution >= 0.6 is 0 Å². The number of carboxylic acids is 1. The van der Waals surface area contributed by atoms with Gasteiger partial charge in [-0.1, -0.05) is 12.1 Å². The van der Waals surface area contributed by atoms with Crippen LogP contribution in [0.5, 0.6) is 0 Å². The van der Waals surface area contributed by atoms with Gasteiger partial charge in [-0.15, -0.1) is 0 Å². The van der Waals surface area contributed by atoms with Crippen LogP contribution in [0, 0.1) is 0 Å². The molecule has 1 aliphatic heterocycles. The van der Waals surface area contributed by atoms with E-state index in [2.05, 4.69) is 10.6 Å². The van der Waals surface area contributed by atoms with Crippen molar-refractivity contribution in [3.8, 4) is 0 Å². The average molecular weight is 304 g/mol. The highest BCUT2D eigenvalue weighted by molar-refractivity contribution is 5.95. The number of urea groups is 1. The predicted octanol–water partition coefficient (Wildman–Crippen LogP) is 1.58. The molecule has 22 heavy (non-hydrogen) atoms. The van der Waals surface area contributed by atoms with Crippen molar-refractivity contribution in [2.75, 3.05) is 6.61 Å². The van der Waals surface area contributed by atoms with E-state index < -0.39 is 24.0 Å². The van der Waals surface area contributed by atoms with Gasteiger partial charge >= 0.3 is 18.0 Å². The second kappa shape index (κ2) is 6.30. The Morgan fingerprint density at radius 3 is 2.45 bits per heavy atom. The van der Waals surface area contributed by atoms with E-state index in [0.29, 0.717) is 16.8 Å². The molecule has 1 aliphatic rings. The van der Waals surface area contributed by atoms with Crippen molar-refractivity contribution in [2.24, 2.45) is 0 Å². The summed E-state index contributed by atoms with van der Waals surface area (Å²) < 4.78 is 5.02. The van der Waals surface area contributed by atoms with Gasteiger partial charge in [0.15, 0.2) is 0 Å². The van der Waals surface area contributed by atoms with Gasteiger partial charge in [-0.2, -0.15) is 0 Å². The lowest BCUT2D eigenvalue weighted by Crippen LogP contribution is -2.45. The molecule has 0 saturated heterocycles. The Balaban J connectivity index is 2.40. The number of esters is 1. The van der Waals surface area contributed by atoms with E-state index in [9.17, 15) is 14.4 Å². The van der Waals surface area contributed by atoms with Crippen molar-refractivity contribution in [1.29, 1.82) is 0 Å². The third kappa shape index (κ3) is 3.08. The molecule has 116 valence electrons. The fourth-order valence-electron chi connectivity index (χ4n) is 2.24. The number of carbonyl (C=O) groups excluding carboxylic acids is 2. The Morgan fingerprint density at radius 1 is 1.27 bits per heavy atom. The van der Waals surface area contributed by atoms with Crippen LogP contribution in [0.15, 0.2) is 35.5 Å². The highest BCUT2D eigenvalue weighted by atomic mass is 16.5. The molecule has 7 heteroatoms. The van der Waals surface area contributed by atoms with E-state index in [-0.39, 0.29) is 12.2 Å². The average Bonchev–Trinajstić information content (AvgIpc) is 2.46. The van der Waals surface area contributed by atoms with Crippen molar-refractivity contribution in [3.05, 3.63) is 46.7 Å². The molecule has 1 aromatic carbocycles. The van der Waals surface area contributed by atoms with Crippen molar-refractivity contribution in [1.82, 2.24) is 10.6 Å². The minimum Gasteiger partial charge on any atom is -0.478 e. The number of aromatic carboxylic acids is 1. The van der Waals surface area contributed by atoms with Crippen molar-refractivity contribution >= 4 is 18.0 Å². The summed E-state index contributed by atoms with van der Waals surface area (Å²) >= 11 is 0. The number of nitrogens with one attached hydrogen (secondary N) is 2. The summed E-state index contributed by atoms with van der Waals surface area (Å²) in [6.45, 7) is 3.52. The second-order valence-corrected chi connectivity index (χ2v) is 4.72. The highest BCUT2D eigenvalue weighted by Gasteiger charge is 2.32. The lowest BCUT2D eigenvalue weighted by atomic mass is 9.95. The first-order valence-corrected chi connectivity index (χ1v) is 6.72. The van der Waals surface area contributed by atoms with Gasteiger partial charge < -0.3 is 20.5 Å². The van der Waals surface area contributed by atoms with Crippen LogP contribution in [0.2, 0.25) is 0 Å². The summed E-state index contributed by atoms with van der Waals surface area (Å²) in [6.07, 6.45) is 0. The zero-order valence-electron chi connectivity index (χ0n) is 12.2. The number of hydrogen-bond donors (Lipinski definition) is 3. The van der Waals surface area contributed by atoms with E-state index in [1.165, 1.54) is 12.1 Å². The molecule has 0 radical (unpaired) electrons. The lowest BCUT2D eigenvalue weighted by molar-refractivity contribution is -0.139. The van der Waals surface area contributed by atoms with Gasteiger partial charge in [0.05, 0.1) is 23.8 Å². The normalized spacial score (nSPS) is 17.5. The number of amides is 2. The standard InChI is InChI=1S/C15H16N2O5/c1-3-22-14(20)11-8(2)16-15(21)17-12(11)9-4-6-10(7-5-9)13(18)19/h4-7,12H,3H2,1-2H3,(H,18,19)(H2,16,17,21). The van der Waals surface area contributed by atoms with Gasteiger partial charge in [0.25, 0.3) is 0 Å². The van der Waals surface area contributed by atoms with Gasteiger partial charge in [-0.25, -0.2) is 14.4 Å². The number of allylic oxidation sites excluding steroid dienone is 1. The van der Waals surface area contributed by atoms with Gasteiger partial charge in [-0.3, -0.25) is 0 Å². The fraction of sp³-hybridized carbons (Fsp3) is 0.267. The van der Waals surface area contributed by atoms with E-state index in [1.807, 2.05) is 0 Å². The molecule has 0 fully saturated rings. The molecular weight excluding hydrogens is 288 g/mol. The first-order chi connectivity index (χ1) is 10.4. The minimum atomic E-state index is -1.04. The fourth-order valence-corrected chi connectivity index (χ4v) is 2.24. The van der Waals surface area contributed by atoms with Crippen LogP contribution in [0.25, 0.3) is 0 Å². The summed E-state index contributed by atoms with van der Waals surface area (Å²) in [6, 6.07) is 4.85. The molecule has 0 aliphatic carbocycles. The molecule has 1 unspecified atom stereocenters. The number of benzene rings is 1. The van der Waals surface area contributed by atoms with Gasteiger partial charge in [0, 0.05) is 5.70 Å². The van der Waals surface area contributed by atoms with Gasteiger partial charge in [-0.05, 0) is 31.5 Å². The van der Waals surface area contributed by atoms with Crippen LogP contribution in [-0.2, 0) is 9.53 Å². The summed E-state index contributed by atoms with van der Waals surface area (Å²) in [5.74, 6) is -1.57. The first kappa shape index (κ1) is 15.6. The molecule has 0 aromatic heterocycles. The Kier molecular flexibility index (Phi) is 4.45. The van der Waals surface area contributed by atoms with E-state index in [0.717, 1.165) is 0 Å². The maximum absolute atomic E-state index is 12.1. The van der Waals surface area contributed by atoms with Gasteiger partial charge in [0.2, 0.25) is 0 Å². The number of rotatable bonds is 4. The molecule has 7 nitrogen and oxygen atoms in total. The minimum absolute atomic E-state index is 0.127. The van der Waals surface area contributed by atoms with Crippen LogP contribution in [-0.4, -0.2) is 29.7 Å². The van der Waals surface area contributed by atoms with Crippen LogP contribution in [0.3, 0.4) is 0 Å². The third-order valence-corrected chi connectivity index (χ3v) is 3.26. The van der Waals surface area contributed by atoms with Crippen LogP contribution in [0.1, 0.15) is 35.8 Å². The monoisotopic (exact) mass is 304 g/mol. The molecule has 0 spiro atoms. The molecule has 3 N–H and O–H groups in total. The van der Waals surface area contributed by atoms with Crippen molar-refractivity contribution < 1.29 is 24.2 Å². The lowest BCUT2D eigenvalue weighted by Gasteiger charge is -2.28. The Morgan fingerprint density at radius 2 is 1.91 bits per heavy atom. The molecule has 0 bridgehead atoms. The summed E-state index contributed by atoms with van der Waals surface area (Å²) in [7, 11) is 0. The Hall–Kier alpha value is -2.83. The summed E-state index contributed by atoms with van der Waals surface area (Å²) in [4.78, 5) is 34.7. The number of hydrogen-bond acceptors (Lipinski definition) is 4. The van der Waals surface area contributed by atoms with Crippen LogP contribution in [0.4, 0.5) is 4.79 Å².